The van der Waals surface area contributed by atoms with Crippen molar-refractivity contribution in [3.8, 4) is 0 Å². The van der Waals surface area contributed by atoms with Crippen LogP contribution < -0.4 is 5.32 Å². The van der Waals surface area contributed by atoms with Crippen LogP contribution in [0.3, 0.4) is 0 Å². The number of ether oxygens (including phenoxy) is 1. The number of nitrogens with one attached hydrogen (secondary N) is 1. The van der Waals surface area contributed by atoms with Gasteiger partial charge in [0, 0.05) is 25.6 Å². The normalized spacial score (nSPS) is 24.4. The van der Waals surface area contributed by atoms with Crippen molar-refractivity contribution in [2.24, 2.45) is 5.92 Å². The van der Waals surface area contributed by atoms with Crippen LogP contribution in [0.15, 0.2) is 24.3 Å². The first-order valence-electron chi connectivity index (χ1n) is 8.79. The molecule has 3 heterocycles. The minimum Gasteiger partial charge on any atom is -0.381 e. The highest BCUT2D eigenvalue weighted by Gasteiger charge is 2.30. The Morgan fingerprint density at radius 3 is 3.08 bits per heavy atom. The first-order chi connectivity index (χ1) is 11.8. The van der Waals surface area contributed by atoms with E-state index in [4.69, 9.17) is 9.72 Å². The van der Waals surface area contributed by atoms with Crippen molar-refractivity contribution in [3.05, 3.63) is 29.3 Å². The maximum Gasteiger partial charge on any atom is 0.318 e. The van der Waals surface area contributed by atoms with E-state index in [1.54, 1.807) is 11.3 Å². The lowest BCUT2D eigenvalue weighted by atomic mass is 10.0. The summed E-state index contributed by atoms with van der Waals surface area (Å²) in [6, 6.07) is 8.36. The lowest BCUT2D eigenvalue weighted by molar-refractivity contribution is 0.148. The summed E-state index contributed by atoms with van der Waals surface area (Å²) in [5.74, 6) is 0.458. The minimum atomic E-state index is 0.0471. The predicted molar refractivity (Wildman–Crippen MR) is 95.2 cm³/mol. The molecule has 0 bridgehead atoms. The molecule has 2 aromatic rings. The number of para-hydroxylation sites is 1. The molecule has 0 radical (unpaired) electrons. The number of amides is 2. The van der Waals surface area contributed by atoms with Gasteiger partial charge in [-0.05, 0) is 37.8 Å². The number of carbonyl (C=O) groups is 1. The van der Waals surface area contributed by atoms with Gasteiger partial charge in [-0.25, -0.2) is 9.78 Å². The van der Waals surface area contributed by atoms with Crippen LogP contribution in [0.4, 0.5) is 4.79 Å². The van der Waals surface area contributed by atoms with E-state index in [1.807, 2.05) is 23.1 Å². The summed E-state index contributed by atoms with van der Waals surface area (Å²) in [5, 5.41) is 4.18. The molecule has 0 spiro atoms. The highest BCUT2D eigenvalue weighted by molar-refractivity contribution is 7.18. The SMILES string of the molecule is O=C(NC[C@H]1CCOC1)N1CCCC[C@@H]1c1nc2ccccc2s1. The molecular formula is C18H23N3O2S. The first kappa shape index (κ1) is 15.8. The van der Waals surface area contributed by atoms with Gasteiger partial charge in [0.25, 0.3) is 0 Å². The molecule has 0 saturated carbocycles. The summed E-state index contributed by atoms with van der Waals surface area (Å²) in [5.41, 5.74) is 1.03. The molecular weight excluding hydrogens is 322 g/mol. The van der Waals surface area contributed by atoms with Crippen molar-refractivity contribution in [3.63, 3.8) is 0 Å². The van der Waals surface area contributed by atoms with E-state index in [9.17, 15) is 4.79 Å². The monoisotopic (exact) mass is 345 g/mol. The Morgan fingerprint density at radius 1 is 1.33 bits per heavy atom. The molecule has 128 valence electrons. The molecule has 24 heavy (non-hydrogen) atoms. The number of hydrogen-bond acceptors (Lipinski definition) is 4. The molecule has 2 amide bonds. The van der Waals surface area contributed by atoms with E-state index >= 15 is 0 Å². The van der Waals surface area contributed by atoms with Crippen molar-refractivity contribution >= 4 is 27.6 Å². The van der Waals surface area contributed by atoms with Crippen LogP contribution >= 0.6 is 11.3 Å². The fourth-order valence-corrected chi connectivity index (χ4v) is 4.66. The van der Waals surface area contributed by atoms with Gasteiger partial charge in [-0.1, -0.05) is 12.1 Å². The molecule has 2 aliphatic heterocycles. The highest BCUT2D eigenvalue weighted by Crippen LogP contribution is 2.35. The largest absolute Gasteiger partial charge is 0.381 e. The standard InChI is InChI=1S/C18H23N3O2S/c22-18(19-11-13-8-10-23-12-13)21-9-4-3-6-15(21)17-20-14-5-1-2-7-16(14)24-17/h1-2,5,7,13,15H,3-4,6,8-12H2,(H,19,22)/t13-,15-/m1/s1. The smallest absolute Gasteiger partial charge is 0.318 e. The number of nitrogens with zero attached hydrogens (tertiary/aromatic N) is 2. The molecule has 2 aliphatic rings. The number of carbonyl (C=O) groups excluding carboxylic acids is 1. The molecule has 0 aliphatic carbocycles. The zero-order chi connectivity index (χ0) is 16.4. The van der Waals surface area contributed by atoms with Crippen LogP contribution in [0.1, 0.15) is 36.7 Å². The van der Waals surface area contributed by atoms with Crippen LogP contribution in [-0.2, 0) is 4.74 Å². The lowest BCUT2D eigenvalue weighted by Crippen LogP contribution is -2.45. The van der Waals surface area contributed by atoms with Crippen molar-refractivity contribution < 1.29 is 9.53 Å². The second-order valence-electron chi connectivity index (χ2n) is 6.64. The number of fused-ring (bicyclic) bond motifs is 1. The Morgan fingerprint density at radius 2 is 2.25 bits per heavy atom. The Bertz CT molecular complexity index is 678. The first-order valence-corrected chi connectivity index (χ1v) is 9.60. The van der Waals surface area contributed by atoms with Crippen LogP contribution in [-0.4, -0.2) is 42.2 Å². The minimum absolute atomic E-state index is 0.0471. The maximum atomic E-state index is 12.7. The maximum absolute atomic E-state index is 12.7. The molecule has 4 rings (SSSR count). The molecule has 0 unspecified atom stereocenters. The number of piperidine rings is 1. The number of rotatable bonds is 3. The van der Waals surface area contributed by atoms with Crippen LogP contribution in [0.5, 0.6) is 0 Å². The number of hydrogen-bond donors (Lipinski definition) is 1. The third-order valence-electron chi connectivity index (χ3n) is 4.93. The molecule has 6 heteroatoms. The fraction of sp³-hybridized carbons (Fsp3) is 0.556. The van der Waals surface area contributed by atoms with E-state index < -0.39 is 0 Å². The second-order valence-corrected chi connectivity index (χ2v) is 7.70. The van der Waals surface area contributed by atoms with Gasteiger partial charge in [0.05, 0.1) is 22.9 Å². The van der Waals surface area contributed by atoms with Crippen molar-refractivity contribution in [1.29, 1.82) is 0 Å². The second kappa shape index (κ2) is 7.07. The molecule has 1 N–H and O–H groups in total. The van der Waals surface area contributed by atoms with E-state index in [0.29, 0.717) is 12.5 Å². The highest BCUT2D eigenvalue weighted by atomic mass is 32.1. The molecule has 2 saturated heterocycles. The van der Waals surface area contributed by atoms with E-state index in [2.05, 4.69) is 11.4 Å². The number of benzene rings is 1. The van der Waals surface area contributed by atoms with Crippen molar-refractivity contribution in [1.82, 2.24) is 15.2 Å². The summed E-state index contributed by atoms with van der Waals surface area (Å²) in [6.07, 6.45) is 4.27. The van der Waals surface area contributed by atoms with Gasteiger partial charge in [0.1, 0.15) is 5.01 Å². The van der Waals surface area contributed by atoms with Gasteiger partial charge in [-0.2, -0.15) is 0 Å². The number of urea groups is 1. The van der Waals surface area contributed by atoms with Crippen LogP contribution in [0.2, 0.25) is 0 Å². The van der Waals surface area contributed by atoms with Crippen molar-refractivity contribution in [2.75, 3.05) is 26.3 Å². The van der Waals surface area contributed by atoms with E-state index in [1.165, 1.54) is 4.70 Å². The number of thiazole rings is 1. The Balaban J connectivity index is 1.48. The summed E-state index contributed by atoms with van der Waals surface area (Å²) in [7, 11) is 0. The van der Waals surface area contributed by atoms with E-state index in [-0.39, 0.29) is 12.1 Å². The molecule has 5 nitrogen and oxygen atoms in total. The Labute approximate surface area is 146 Å². The van der Waals surface area contributed by atoms with Crippen LogP contribution in [0.25, 0.3) is 10.2 Å². The van der Waals surface area contributed by atoms with Gasteiger partial charge in [-0.3, -0.25) is 0 Å². The quantitative estimate of drug-likeness (QED) is 0.925. The molecule has 2 atom stereocenters. The summed E-state index contributed by atoms with van der Waals surface area (Å²) < 4.78 is 6.58. The zero-order valence-electron chi connectivity index (χ0n) is 13.7. The average Bonchev–Trinajstić information content (AvgIpc) is 3.29. The molecule has 2 fully saturated rings. The zero-order valence-corrected chi connectivity index (χ0v) is 14.6. The van der Waals surface area contributed by atoms with E-state index in [0.717, 1.165) is 56.0 Å². The molecule has 1 aromatic carbocycles. The summed E-state index contributed by atoms with van der Waals surface area (Å²) in [4.78, 5) is 19.5. The van der Waals surface area contributed by atoms with Gasteiger partial charge < -0.3 is 15.0 Å². The fourth-order valence-electron chi connectivity index (χ4n) is 3.54. The van der Waals surface area contributed by atoms with Crippen molar-refractivity contribution in [2.45, 2.75) is 31.7 Å². The Hall–Kier alpha value is -1.66. The van der Waals surface area contributed by atoms with Gasteiger partial charge in [-0.15, -0.1) is 11.3 Å². The topological polar surface area (TPSA) is 54.5 Å². The lowest BCUT2D eigenvalue weighted by Gasteiger charge is -2.34. The summed E-state index contributed by atoms with van der Waals surface area (Å²) >= 11 is 1.72. The predicted octanol–water partition coefficient (Wildman–Crippen LogP) is 3.57. The third kappa shape index (κ3) is 3.26. The molecule has 1 aromatic heterocycles. The average molecular weight is 345 g/mol. The van der Waals surface area contributed by atoms with Gasteiger partial charge >= 0.3 is 6.03 Å². The number of aromatic nitrogens is 1. The number of likely N-dealkylation sites (tertiary alicyclic amines) is 1. The summed E-state index contributed by atoms with van der Waals surface area (Å²) in [6.45, 7) is 3.11. The van der Waals surface area contributed by atoms with Gasteiger partial charge in [0.2, 0.25) is 0 Å². The third-order valence-corrected chi connectivity index (χ3v) is 6.06. The van der Waals surface area contributed by atoms with Gasteiger partial charge in [0.15, 0.2) is 0 Å². The Kier molecular flexibility index (Phi) is 4.67. The van der Waals surface area contributed by atoms with Crippen LogP contribution in [0, 0.1) is 5.92 Å².